The Kier molecular flexibility index (Phi) is 2.79. The van der Waals surface area contributed by atoms with E-state index in [9.17, 15) is 0 Å². The second kappa shape index (κ2) is 4.20. The van der Waals surface area contributed by atoms with Crippen molar-refractivity contribution in [3.63, 3.8) is 0 Å². The fraction of sp³-hybridized carbons (Fsp3) is 0.500. The summed E-state index contributed by atoms with van der Waals surface area (Å²) >= 11 is 3.00. The quantitative estimate of drug-likeness (QED) is 0.684. The standard InChI is InChI=1S/C12H14N4S2/c1-5(2)9-7-8(10(17-9)6(3)4)14-12-11(13-7)15-18-16-12/h5-6H,1-4H3. The largest absolute Gasteiger partial charge is 0.221 e. The molecule has 2 aromatic heterocycles. The summed E-state index contributed by atoms with van der Waals surface area (Å²) in [4.78, 5) is 11.9. The fourth-order valence-electron chi connectivity index (χ4n) is 1.98. The smallest absolute Gasteiger partial charge is 0.213 e. The third kappa shape index (κ3) is 1.71. The summed E-state index contributed by atoms with van der Waals surface area (Å²) < 4.78 is 8.37. The Bertz CT molecular complexity index is 640. The van der Waals surface area contributed by atoms with Crippen LogP contribution in [-0.2, 0) is 11.4 Å². The van der Waals surface area contributed by atoms with Crippen LogP contribution < -0.4 is 0 Å². The first-order valence-electron chi connectivity index (χ1n) is 6.00. The van der Waals surface area contributed by atoms with Gasteiger partial charge in [-0.3, -0.25) is 0 Å². The molecule has 0 fully saturated rings. The van der Waals surface area contributed by atoms with Gasteiger partial charge >= 0.3 is 0 Å². The summed E-state index contributed by atoms with van der Waals surface area (Å²) in [7, 11) is 0. The molecule has 3 rings (SSSR count). The molecule has 0 spiro atoms. The lowest BCUT2D eigenvalue weighted by Gasteiger charge is -2.01. The summed E-state index contributed by atoms with van der Waals surface area (Å²) in [6.45, 7) is 8.78. The Morgan fingerprint density at radius 3 is 1.61 bits per heavy atom. The maximum absolute atomic E-state index is 4.65. The summed E-state index contributed by atoms with van der Waals surface area (Å²) in [5.41, 5.74) is 2.03. The van der Waals surface area contributed by atoms with Crippen molar-refractivity contribution in [1.29, 1.82) is 0 Å². The highest BCUT2D eigenvalue weighted by Crippen LogP contribution is 2.41. The maximum atomic E-state index is 4.65. The van der Waals surface area contributed by atoms with Gasteiger partial charge in [0.2, 0.25) is 11.6 Å². The van der Waals surface area contributed by atoms with Crippen LogP contribution in [0, 0.1) is 0 Å². The van der Waals surface area contributed by atoms with Gasteiger partial charge in [0, 0.05) is 9.75 Å². The van der Waals surface area contributed by atoms with Crippen molar-refractivity contribution in [3.05, 3.63) is 9.75 Å². The van der Waals surface area contributed by atoms with Crippen LogP contribution in [0.4, 0.5) is 11.6 Å². The third-order valence-electron chi connectivity index (χ3n) is 2.85. The predicted octanol–water partition coefficient (Wildman–Crippen LogP) is 4.66. The van der Waals surface area contributed by atoms with E-state index in [1.54, 1.807) is 0 Å². The molecule has 0 aromatic carbocycles. The van der Waals surface area contributed by atoms with Gasteiger partial charge in [-0.15, -0.1) is 11.3 Å². The van der Waals surface area contributed by atoms with Gasteiger partial charge in [-0.1, -0.05) is 27.7 Å². The molecule has 18 heavy (non-hydrogen) atoms. The van der Waals surface area contributed by atoms with Crippen LogP contribution >= 0.6 is 11.3 Å². The average Bonchev–Trinajstić information content (AvgIpc) is 2.88. The molecule has 6 heteroatoms. The van der Waals surface area contributed by atoms with Crippen LogP contribution in [-0.4, -0.2) is 9.97 Å². The second-order valence-corrected chi connectivity index (χ2v) is 6.58. The molecule has 0 unspecified atom stereocenters. The number of hydrogen-bond acceptors (Lipinski definition) is 5. The molecule has 4 nitrogen and oxygen atoms in total. The molecule has 1 aliphatic rings. The van der Waals surface area contributed by atoms with Crippen LogP contribution in [0.25, 0.3) is 11.0 Å². The molecule has 0 N–H and O–H groups in total. The highest BCUT2D eigenvalue weighted by molar-refractivity contribution is 7.58. The van der Waals surface area contributed by atoms with Crippen molar-refractivity contribution < 1.29 is 0 Å². The Morgan fingerprint density at radius 2 is 1.22 bits per heavy atom. The van der Waals surface area contributed by atoms with Crippen LogP contribution in [0.1, 0.15) is 49.3 Å². The van der Waals surface area contributed by atoms with Crippen molar-refractivity contribution in [2.45, 2.75) is 39.5 Å². The van der Waals surface area contributed by atoms with Crippen LogP contribution in [0.15, 0.2) is 8.73 Å². The molecule has 0 radical (unpaired) electrons. The molecular formula is C12H14N4S2. The maximum Gasteiger partial charge on any atom is 0.213 e. The first-order valence-corrected chi connectivity index (χ1v) is 7.55. The van der Waals surface area contributed by atoms with Gasteiger partial charge in [0.05, 0.1) is 11.4 Å². The molecule has 0 amide bonds. The number of fused-ring (bicyclic) bond motifs is 2. The van der Waals surface area contributed by atoms with E-state index in [0.29, 0.717) is 23.5 Å². The predicted molar refractivity (Wildman–Crippen MR) is 77.1 cm³/mol. The van der Waals surface area contributed by atoms with Gasteiger partial charge in [-0.25, -0.2) is 9.97 Å². The normalized spacial score (nSPS) is 13.7. The lowest BCUT2D eigenvalue weighted by Crippen LogP contribution is -1.88. The average molecular weight is 278 g/mol. The van der Waals surface area contributed by atoms with E-state index < -0.39 is 0 Å². The minimum Gasteiger partial charge on any atom is -0.221 e. The number of aromatic nitrogens is 2. The molecule has 2 aromatic rings. The molecule has 0 saturated carbocycles. The number of thiophene rings is 1. The zero-order valence-electron chi connectivity index (χ0n) is 10.8. The monoisotopic (exact) mass is 278 g/mol. The molecule has 94 valence electrons. The molecule has 0 atom stereocenters. The highest BCUT2D eigenvalue weighted by Gasteiger charge is 2.21. The Balaban J connectivity index is 2.35. The Labute approximate surface area is 113 Å². The van der Waals surface area contributed by atoms with Crippen LogP contribution in [0.5, 0.6) is 0 Å². The lowest BCUT2D eigenvalue weighted by atomic mass is 10.1. The SMILES string of the molecule is CC(C)c1sc(C(C)C)c2nc3c(nc12)N=S=N3. The van der Waals surface area contributed by atoms with Crippen molar-refractivity contribution >= 4 is 45.4 Å². The van der Waals surface area contributed by atoms with Gasteiger partial charge in [0.25, 0.3) is 0 Å². The van der Waals surface area contributed by atoms with E-state index in [-0.39, 0.29) is 0 Å². The van der Waals surface area contributed by atoms with Gasteiger partial charge in [0.15, 0.2) is 0 Å². The van der Waals surface area contributed by atoms with E-state index in [1.165, 1.54) is 21.1 Å². The van der Waals surface area contributed by atoms with Gasteiger partial charge < -0.3 is 0 Å². The molecular weight excluding hydrogens is 264 g/mol. The van der Waals surface area contributed by atoms with E-state index >= 15 is 0 Å². The van der Waals surface area contributed by atoms with E-state index in [1.807, 2.05) is 11.3 Å². The van der Waals surface area contributed by atoms with Gasteiger partial charge in [-0.05, 0) is 11.8 Å². The molecule has 0 aliphatic carbocycles. The number of rotatable bonds is 2. The summed E-state index contributed by atoms with van der Waals surface area (Å²) in [5, 5.41) is 0. The highest BCUT2D eigenvalue weighted by atomic mass is 32.1. The van der Waals surface area contributed by atoms with Gasteiger partial charge in [0.1, 0.15) is 11.0 Å². The third-order valence-corrected chi connectivity index (χ3v) is 5.13. The van der Waals surface area contributed by atoms with Crippen molar-refractivity contribution in [2.24, 2.45) is 8.73 Å². The summed E-state index contributed by atoms with van der Waals surface area (Å²) in [5.74, 6) is 2.26. The first-order chi connectivity index (χ1) is 8.58. The molecule has 0 bridgehead atoms. The number of nitrogens with zero attached hydrogens (tertiary/aromatic N) is 4. The zero-order valence-corrected chi connectivity index (χ0v) is 12.4. The topological polar surface area (TPSA) is 50.5 Å². The van der Waals surface area contributed by atoms with Crippen LogP contribution in [0.2, 0.25) is 0 Å². The molecule has 0 saturated heterocycles. The molecule has 3 heterocycles. The fourth-order valence-corrected chi connectivity index (χ4v) is 3.61. The van der Waals surface area contributed by atoms with Crippen molar-refractivity contribution in [1.82, 2.24) is 9.97 Å². The molecule has 1 aliphatic heterocycles. The summed E-state index contributed by atoms with van der Waals surface area (Å²) in [6, 6.07) is 0. The lowest BCUT2D eigenvalue weighted by molar-refractivity contribution is 0.891. The Hall–Kier alpha value is -1.14. The van der Waals surface area contributed by atoms with E-state index in [0.717, 1.165) is 11.0 Å². The van der Waals surface area contributed by atoms with Crippen molar-refractivity contribution in [3.8, 4) is 0 Å². The summed E-state index contributed by atoms with van der Waals surface area (Å²) in [6.07, 6.45) is 0. The van der Waals surface area contributed by atoms with Crippen molar-refractivity contribution in [2.75, 3.05) is 0 Å². The second-order valence-electron chi connectivity index (χ2n) is 4.97. The number of hydrogen-bond donors (Lipinski definition) is 0. The van der Waals surface area contributed by atoms with E-state index in [4.69, 9.17) is 0 Å². The minimum atomic E-state index is 0.461. The minimum absolute atomic E-state index is 0.461. The Morgan fingerprint density at radius 1 is 0.778 bits per heavy atom. The van der Waals surface area contributed by atoms with E-state index in [2.05, 4.69) is 46.4 Å². The zero-order chi connectivity index (χ0) is 12.9. The first kappa shape index (κ1) is 11.9. The van der Waals surface area contributed by atoms with Crippen LogP contribution in [0.3, 0.4) is 0 Å². The van der Waals surface area contributed by atoms with Gasteiger partial charge in [-0.2, -0.15) is 8.73 Å².